The number of hydrogen-bond donors (Lipinski definition) is 9. The molecule has 26 nitrogen and oxygen atoms in total. The summed E-state index contributed by atoms with van der Waals surface area (Å²) in [5.41, 5.74) is -5.40. The van der Waals surface area contributed by atoms with Crippen molar-refractivity contribution in [3.05, 3.63) is 0 Å². The lowest BCUT2D eigenvalue weighted by atomic mass is 9.74. The van der Waals surface area contributed by atoms with Crippen LogP contribution in [-0.2, 0) is 71.2 Å². The molecule has 6 heterocycles. The summed E-state index contributed by atoms with van der Waals surface area (Å²) in [6, 6.07) is -0.579. The van der Waals surface area contributed by atoms with Crippen molar-refractivity contribution in [3.63, 3.8) is 0 Å². The minimum absolute atomic E-state index is 0.0462. The molecule has 0 aromatic heterocycles. The Balaban J connectivity index is 0.000000361. The van der Waals surface area contributed by atoms with Gasteiger partial charge >= 0.3 is 11.9 Å². The SMILES string of the molecule is CC[C@H]1OC(=O)[C@H](C)[C@@H](O[C@H]2C[C@@](C)(OC)[C@@H](O)[C@H](C)O2)[C@H](C)[C@@H](O[C@@H]2O[C@H](C)C[C@H](N(C)C)[C@H]2O)[C@](C)(O)C[C@@H](C)C(=O)[C@H](C)[C@@H](O)[C@H]1C.CC[C@H]1OC(=O)[C@H](C)[C@@H](O[C@H]2C[C@@](C)(OC)[C@@H](O)[C@H](C)O2)[C@H](C)[C@@H](O[C@@H]2O[C@H](C)C[C@H](N(C)C)[C@H]2O)[C@](C)(O)C[C@@H](C)[C@H](O)[C@H](C)[C@@H](O)[C@H]1C. The maximum absolute atomic E-state index is 14.1. The lowest BCUT2D eigenvalue weighted by Gasteiger charge is -2.49. The number of methoxy groups -OCH3 is 2. The Morgan fingerprint density at radius 3 is 1.16 bits per heavy atom. The molecule has 0 bridgehead atoms. The van der Waals surface area contributed by atoms with Crippen LogP contribution in [0.25, 0.3) is 0 Å². The average molecular weight is 1440 g/mol. The van der Waals surface area contributed by atoms with Crippen molar-refractivity contribution in [2.24, 2.45) is 59.2 Å². The van der Waals surface area contributed by atoms with Gasteiger partial charge in [-0.2, -0.15) is 0 Å². The van der Waals surface area contributed by atoms with E-state index >= 15 is 0 Å². The van der Waals surface area contributed by atoms with E-state index < -0.39 is 210 Å². The quantitative estimate of drug-likeness (QED) is 0.102. The first-order chi connectivity index (χ1) is 46.2. The van der Waals surface area contributed by atoms with E-state index in [1.165, 1.54) is 14.2 Å². The van der Waals surface area contributed by atoms with E-state index in [9.17, 15) is 60.3 Å². The fraction of sp³-hybridized carbons (Fsp3) is 0.959. The van der Waals surface area contributed by atoms with Gasteiger partial charge in [0, 0.05) is 80.6 Å². The molecular weight excluding hydrogens is 1300 g/mol. The molecule has 6 fully saturated rings. The molecule has 586 valence electrons. The van der Waals surface area contributed by atoms with Crippen LogP contribution < -0.4 is 0 Å². The maximum Gasteiger partial charge on any atom is 0.311 e. The number of Topliss-reactive ketones (excluding diaryl/α,β-unsaturated/α-hetero) is 1. The van der Waals surface area contributed by atoms with Gasteiger partial charge in [0.2, 0.25) is 0 Å². The first-order valence-electron chi connectivity index (χ1n) is 37.0. The van der Waals surface area contributed by atoms with Crippen molar-refractivity contribution in [2.45, 2.75) is 353 Å². The summed E-state index contributed by atoms with van der Waals surface area (Å²) >= 11 is 0. The first kappa shape index (κ1) is 88.4. The maximum atomic E-state index is 14.1. The first-order valence-corrected chi connectivity index (χ1v) is 37.0. The summed E-state index contributed by atoms with van der Waals surface area (Å²) in [5, 5.41) is 104. The molecule has 0 aromatic carbocycles. The number of nitrogens with zero attached hydrogens (tertiary/aromatic N) is 2. The number of cyclic esters (lactones) is 2. The Labute approximate surface area is 597 Å². The Morgan fingerprint density at radius 1 is 0.450 bits per heavy atom. The van der Waals surface area contributed by atoms with Crippen LogP contribution in [-0.4, -0.2) is 279 Å². The minimum Gasteiger partial charge on any atom is -0.462 e. The zero-order valence-corrected chi connectivity index (χ0v) is 65.3. The normalized spacial score (nSPS) is 49.7. The topological polar surface area (TPSA) is 351 Å². The Kier molecular flexibility index (Phi) is 32.3. The number of ether oxygens (including phenoxy) is 12. The van der Waals surface area contributed by atoms with Crippen LogP contribution in [0.1, 0.15) is 190 Å². The molecule has 6 aliphatic rings. The van der Waals surface area contributed by atoms with Gasteiger partial charge in [-0.25, -0.2) is 0 Å². The molecule has 6 rings (SSSR count). The second kappa shape index (κ2) is 36.6. The lowest BCUT2D eigenvalue weighted by molar-refractivity contribution is -0.318. The van der Waals surface area contributed by atoms with Crippen LogP contribution in [0.4, 0.5) is 0 Å². The van der Waals surface area contributed by atoms with Crippen LogP contribution in [0.15, 0.2) is 0 Å². The van der Waals surface area contributed by atoms with Crippen molar-refractivity contribution in [1.82, 2.24) is 9.80 Å². The minimum atomic E-state index is -1.72. The summed E-state index contributed by atoms with van der Waals surface area (Å²) in [7, 11) is 10.5. The fourth-order valence-electron chi connectivity index (χ4n) is 16.9. The fourth-order valence-corrected chi connectivity index (χ4v) is 16.9. The van der Waals surface area contributed by atoms with E-state index in [0.717, 1.165) is 0 Å². The number of ketones is 1. The zero-order chi connectivity index (χ0) is 76.1. The van der Waals surface area contributed by atoms with Gasteiger partial charge < -0.3 is 113 Å². The molecule has 0 unspecified atom stereocenters. The standard InChI is InChI=1S/C37H69NO12.C37H67NO12/c2*1-14-26-20(4)29(40)21(5)28(39)18(2)16-36(9,44)33(50-35-30(41)25(38(11)12)15-19(3)46-35)22(6)31(23(7)34(43)48-26)49-27-17-37(10,45-13)32(42)24(8)47-27/h18-33,35,39-42,44H,14-17H2,1-13H3;18-27,29-33,35,40-42,44H,14-17H2,1-13H3/t18-,19-,20+,21+,22+,23-,24+,25+,26-,27+,28+,29+,30-,31+,32+,33-,35+,36-,37-;18-,19-,20+,21+,22+,23-,24+,25+,26-,27+,29+,30-,31+,32+,33-,35+,36-,37-/m11/s1. The highest BCUT2D eigenvalue weighted by Gasteiger charge is 2.56. The summed E-state index contributed by atoms with van der Waals surface area (Å²) in [4.78, 5) is 45.7. The Morgan fingerprint density at radius 2 is 0.810 bits per heavy atom. The van der Waals surface area contributed by atoms with Crippen LogP contribution >= 0.6 is 0 Å². The molecule has 9 N–H and O–H groups in total. The highest BCUT2D eigenvalue weighted by Crippen LogP contribution is 2.44. The molecule has 6 aliphatic heterocycles. The number of likely N-dealkylation sites (N-methyl/N-ethyl adjacent to an activating group) is 2. The van der Waals surface area contributed by atoms with Gasteiger partial charge in [0.15, 0.2) is 25.2 Å². The monoisotopic (exact) mass is 1440 g/mol. The molecule has 100 heavy (non-hydrogen) atoms. The molecular formula is C74H136N2O24. The van der Waals surface area contributed by atoms with Crippen LogP contribution in [0.2, 0.25) is 0 Å². The molecule has 0 saturated carbocycles. The lowest BCUT2D eigenvalue weighted by Crippen LogP contribution is -2.60. The molecule has 0 aromatic rings. The molecule has 0 amide bonds. The summed E-state index contributed by atoms with van der Waals surface area (Å²) < 4.78 is 74.8. The molecule has 26 heteroatoms. The average Bonchev–Trinajstić information content (AvgIpc) is 0.784. The molecule has 0 radical (unpaired) electrons. The largest absolute Gasteiger partial charge is 0.462 e. The second-order valence-corrected chi connectivity index (χ2v) is 32.6. The van der Waals surface area contributed by atoms with Crippen molar-refractivity contribution in [3.8, 4) is 0 Å². The van der Waals surface area contributed by atoms with Gasteiger partial charge in [-0.15, -0.1) is 0 Å². The molecule has 0 spiro atoms. The smallest absolute Gasteiger partial charge is 0.311 e. The Hall–Kier alpha value is -2.23. The van der Waals surface area contributed by atoms with Gasteiger partial charge in [0.25, 0.3) is 0 Å². The van der Waals surface area contributed by atoms with Crippen molar-refractivity contribution in [1.29, 1.82) is 0 Å². The molecule has 6 saturated heterocycles. The van der Waals surface area contributed by atoms with Crippen LogP contribution in [0, 0.1) is 59.2 Å². The van der Waals surface area contributed by atoms with E-state index in [2.05, 4.69) is 0 Å². The van der Waals surface area contributed by atoms with E-state index in [1.54, 1.807) is 96.9 Å². The Bertz CT molecular complexity index is 2540. The summed E-state index contributed by atoms with van der Waals surface area (Å²) in [6.45, 7) is 35.2. The van der Waals surface area contributed by atoms with Gasteiger partial charge in [0.1, 0.15) is 42.4 Å². The number of hydrogen-bond acceptors (Lipinski definition) is 26. The van der Waals surface area contributed by atoms with E-state index in [1.807, 2.05) is 79.5 Å². The summed E-state index contributed by atoms with van der Waals surface area (Å²) in [6.07, 6.45) is -16.4. The van der Waals surface area contributed by atoms with Crippen molar-refractivity contribution < 1.29 is 117 Å². The highest BCUT2D eigenvalue weighted by atomic mass is 16.7. The molecule has 37 atom stereocenters. The van der Waals surface area contributed by atoms with Gasteiger partial charge in [-0.1, -0.05) is 69.2 Å². The van der Waals surface area contributed by atoms with Crippen LogP contribution in [0.5, 0.6) is 0 Å². The van der Waals surface area contributed by atoms with Gasteiger partial charge in [-0.05, 0) is 142 Å². The van der Waals surface area contributed by atoms with Gasteiger partial charge in [-0.3, -0.25) is 14.4 Å². The molecule has 0 aliphatic carbocycles. The number of carbonyl (C=O) groups excluding carboxylic acids is 3. The number of carbonyl (C=O) groups is 3. The van der Waals surface area contributed by atoms with Crippen LogP contribution in [0.3, 0.4) is 0 Å². The van der Waals surface area contributed by atoms with Gasteiger partial charge in [0.05, 0.1) is 101 Å². The third-order valence-corrected chi connectivity index (χ3v) is 23.8. The second-order valence-electron chi connectivity index (χ2n) is 32.6. The van der Waals surface area contributed by atoms with E-state index in [4.69, 9.17) is 56.8 Å². The number of rotatable bonds is 14. The van der Waals surface area contributed by atoms with E-state index in [0.29, 0.717) is 25.7 Å². The number of aliphatic hydroxyl groups excluding tert-OH is 7. The third-order valence-electron chi connectivity index (χ3n) is 23.8. The number of esters is 2. The predicted molar refractivity (Wildman–Crippen MR) is 371 cm³/mol. The zero-order valence-electron chi connectivity index (χ0n) is 65.3. The third kappa shape index (κ3) is 20.7. The summed E-state index contributed by atoms with van der Waals surface area (Å²) in [5.74, 6) is -8.41. The van der Waals surface area contributed by atoms with Crippen molar-refractivity contribution >= 4 is 17.7 Å². The van der Waals surface area contributed by atoms with E-state index in [-0.39, 0.29) is 55.8 Å². The van der Waals surface area contributed by atoms with Crippen molar-refractivity contribution in [2.75, 3.05) is 42.4 Å². The number of aliphatic hydroxyl groups is 9. The predicted octanol–water partition coefficient (Wildman–Crippen LogP) is 5.13. The highest BCUT2D eigenvalue weighted by molar-refractivity contribution is 5.83.